The molecule has 0 aliphatic heterocycles. The molecule has 0 bridgehead atoms. The fraction of sp³-hybridized carbons (Fsp3) is 0.455. The molecule has 0 saturated heterocycles. The van der Waals surface area contributed by atoms with E-state index in [-0.39, 0.29) is 5.41 Å². The normalized spacial score (nSPS) is 13.1. The van der Waals surface area contributed by atoms with Crippen molar-refractivity contribution in [1.29, 1.82) is 0 Å². The molecule has 0 heteroatoms. The van der Waals surface area contributed by atoms with Gasteiger partial charge in [0.15, 0.2) is 0 Å². The highest BCUT2D eigenvalue weighted by molar-refractivity contribution is 5.81. The van der Waals surface area contributed by atoms with Crippen molar-refractivity contribution in [1.82, 2.24) is 0 Å². The number of hydrogen-bond acceptors (Lipinski definition) is 0. The van der Waals surface area contributed by atoms with Gasteiger partial charge in [0.25, 0.3) is 0 Å². The summed E-state index contributed by atoms with van der Waals surface area (Å²) in [6.45, 7) is 17.1. The van der Waals surface area contributed by atoms with E-state index in [0.29, 0.717) is 0 Å². The quantitative estimate of drug-likeness (QED) is 0.528. The van der Waals surface area contributed by atoms with Gasteiger partial charge >= 0.3 is 0 Å². The second-order valence-electron chi connectivity index (χ2n) is 5.78. The van der Waals surface area contributed by atoms with Gasteiger partial charge in [-0.2, -0.15) is 0 Å². The molecule has 120 valence electrons. The highest BCUT2D eigenvalue weighted by atomic mass is 14.4. The predicted molar refractivity (Wildman–Crippen MR) is 101 cm³/mol. The SMILES string of the molecule is CC.CC.CCC1(C)c2cc(C)ccc2-c2ccc(C)cc21. The molecule has 0 spiro atoms. The van der Waals surface area contributed by atoms with Crippen molar-refractivity contribution in [3.05, 3.63) is 58.7 Å². The van der Waals surface area contributed by atoms with Crippen LogP contribution in [0.1, 0.15) is 70.2 Å². The first-order valence-corrected chi connectivity index (χ1v) is 8.79. The molecular formula is C22H32. The van der Waals surface area contributed by atoms with Gasteiger partial charge in [-0.1, -0.05) is 89.1 Å². The Bertz CT molecular complexity index is 568. The van der Waals surface area contributed by atoms with Crippen molar-refractivity contribution < 1.29 is 0 Å². The maximum Gasteiger partial charge on any atom is 0.0184 e. The summed E-state index contributed by atoms with van der Waals surface area (Å²) < 4.78 is 0. The summed E-state index contributed by atoms with van der Waals surface area (Å²) in [6, 6.07) is 13.8. The molecule has 0 aromatic heterocycles. The van der Waals surface area contributed by atoms with E-state index in [1.54, 1.807) is 0 Å². The van der Waals surface area contributed by atoms with E-state index in [9.17, 15) is 0 Å². The van der Waals surface area contributed by atoms with Crippen molar-refractivity contribution in [2.24, 2.45) is 0 Å². The van der Waals surface area contributed by atoms with Crippen molar-refractivity contribution in [3.8, 4) is 11.1 Å². The molecule has 0 nitrogen and oxygen atoms in total. The number of fused-ring (bicyclic) bond motifs is 3. The van der Waals surface area contributed by atoms with Gasteiger partial charge in [-0.15, -0.1) is 0 Å². The van der Waals surface area contributed by atoms with Crippen molar-refractivity contribution >= 4 is 0 Å². The van der Waals surface area contributed by atoms with Crippen molar-refractivity contribution in [3.63, 3.8) is 0 Å². The molecule has 0 radical (unpaired) electrons. The first kappa shape index (κ1) is 18.5. The average Bonchev–Trinajstić information content (AvgIpc) is 2.80. The largest absolute Gasteiger partial charge is 0.0683 e. The molecule has 0 unspecified atom stereocenters. The zero-order valence-corrected chi connectivity index (χ0v) is 15.7. The molecule has 22 heavy (non-hydrogen) atoms. The van der Waals surface area contributed by atoms with Crippen LogP contribution in [-0.2, 0) is 5.41 Å². The molecule has 2 aromatic carbocycles. The number of hydrogen-bond donors (Lipinski definition) is 0. The topological polar surface area (TPSA) is 0 Å². The van der Waals surface area contributed by atoms with E-state index in [2.05, 4.69) is 64.1 Å². The van der Waals surface area contributed by atoms with Crippen LogP contribution < -0.4 is 0 Å². The molecule has 2 aromatic rings. The minimum Gasteiger partial charge on any atom is -0.0683 e. The Morgan fingerprint density at radius 2 is 1.09 bits per heavy atom. The van der Waals surface area contributed by atoms with Crippen LogP contribution in [0.3, 0.4) is 0 Å². The Balaban J connectivity index is 0.000000561. The van der Waals surface area contributed by atoms with Crippen LogP contribution >= 0.6 is 0 Å². The lowest BCUT2D eigenvalue weighted by molar-refractivity contribution is 0.564. The summed E-state index contributed by atoms with van der Waals surface area (Å²) >= 11 is 0. The third kappa shape index (κ3) is 2.97. The average molecular weight is 296 g/mol. The number of aryl methyl sites for hydroxylation is 2. The van der Waals surface area contributed by atoms with Crippen LogP contribution in [0, 0.1) is 13.8 Å². The van der Waals surface area contributed by atoms with Gasteiger partial charge in [0.2, 0.25) is 0 Å². The van der Waals surface area contributed by atoms with Crippen LogP contribution in [0.4, 0.5) is 0 Å². The minimum absolute atomic E-state index is 0.183. The molecule has 1 aliphatic rings. The molecular weight excluding hydrogens is 264 g/mol. The van der Waals surface area contributed by atoms with E-state index in [0.717, 1.165) is 6.42 Å². The van der Waals surface area contributed by atoms with Crippen LogP contribution in [0.25, 0.3) is 11.1 Å². The van der Waals surface area contributed by atoms with Gasteiger partial charge in [-0.05, 0) is 42.5 Å². The standard InChI is InChI=1S/C18H20.2C2H6/c1-5-18(4)16-10-12(2)6-8-14(16)15-9-7-13(3)11-17(15)18;2*1-2/h6-11H,5H2,1-4H3;2*1-2H3. The maximum absolute atomic E-state index is 2.39. The van der Waals surface area contributed by atoms with Crippen LogP contribution in [0.15, 0.2) is 36.4 Å². The first-order chi connectivity index (χ1) is 10.6. The fourth-order valence-electron chi connectivity index (χ4n) is 3.22. The molecule has 3 rings (SSSR count). The summed E-state index contributed by atoms with van der Waals surface area (Å²) in [5, 5.41) is 0. The zero-order valence-electron chi connectivity index (χ0n) is 15.7. The Morgan fingerprint density at radius 3 is 1.41 bits per heavy atom. The summed E-state index contributed by atoms with van der Waals surface area (Å²) in [4.78, 5) is 0. The molecule has 1 aliphatic carbocycles. The lowest BCUT2D eigenvalue weighted by Gasteiger charge is -2.26. The molecule has 0 N–H and O–H groups in total. The van der Waals surface area contributed by atoms with E-state index < -0.39 is 0 Å². The highest BCUT2D eigenvalue weighted by Crippen LogP contribution is 2.50. The van der Waals surface area contributed by atoms with Gasteiger partial charge < -0.3 is 0 Å². The van der Waals surface area contributed by atoms with Crippen molar-refractivity contribution in [2.75, 3.05) is 0 Å². The lowest BCUT2D eigenvalue weighted by atomic mass is 9.77. The molecule has 0 heterocycles. The van der Waals surface area contributed by atoms with E-state index in [1.807, 2.05) is 27.7 Å². The Kier molecular flexibility index (Phi) is 6.41. The predicted octanol–water partition coefficient (Wildman–Crippen LogP) is 7.05. The van der Waals surface area contributed by atoms with Gasteiger partial charge in [0.1, 0.15) is 0 Å². The monoisotopic (exact) mass is 296 g/mol. The number of benzene rings is 2. The van der Waals surface area contributed by atoms with Gasteiger partial charge in [0.05, 0.1) is 0 Å². The second-order valence-corrected chi connectivity index (χ2v) is 5.78. The van der Waals surface area contributed by atoms with Crippen molar-refractivity contribution in [2.45, 2.75) is 67.2 Å². The lowest BCUT2D eigenvalue weighted by Crippen LogP contribution is -2.19. The molecule has 0 atom stereocenters. The van der Waals surface area contributed by atoms with E-state index in [1.165, 1.54) is 33.4 Å². The third-order valence-electron chi connectivity index (χ3n) is 4.54. The van der Waals surface area contributed by atoms with E-state index in [4.69, 9.17) is 0 Å². The van der Waals surface area contributed by atoms with Gasteiger partial charge in [-0.25, -0.2) is 0 Å². The fourth-order valence-corrected chi connectivity index (χ4v) is 3.22. The summed E-state index contributed by atoms with van der Waals surface area (Å²) in [7, 11) is 0. The third-order valence-corrected chi connectivity index (χ3v) is 4.54. The van der Waals surface area contributed by atoms with E-state index >= 15 is 0 Å². The number of rotatable bonds is 1. The Hall–Kier alpha value is -1.56. The smallest absolute Gasteiger partial charge is 0.0184 e. The van der Waals surface area contributed by atoms with Crippen LogP contribution in [-0.4, -0.2) is 0 Å². The zero-order chi connectivity index (χ0) is 16.9. The van der Waals surface area contributed by atoms with Gasteiger partial charge in [0, 0.05) is 5.41 Å². The second kappa shape index (κ2) is 7.63. The Morgan fingerprint density at radius 1 is 0.727 bits per heavy atom. The van der Waals surface area contributed by atoms with Crippen LogP contribution in [0.2, 0.25) is 0 Å². The highest BCUT2D eigenvalue weighted by Gasteiger charge is 2.37. The van der Waals surface area contributed by atoms with Crippen LogP contribution in [0.5, 0.6) is 0 Å². The first-order valence-electron chi connectivity index (χ1n) is 8.79. The molecule has 0 amide bonds. The molecule has 0 fully saturated rings. The maximum atomic E-state index is 2.39. The Labute approximate surface area is 137 Å². The summed E-state index contributed by atoms with van der Waals surface area (Å²) in [6.07, 6.45) is 1.15. The van der Waals surface area contributed by atoms with Gasteiger partial charge in [-0.3, -0.25) is 0 Å². The summed E-state index contributed by atoms with van der Waals surface area (Å²) in [5.41, 5.74) is 8.77. The molecule has 0 saturated carbocycles. The minimum atomic E-state index is 0.183. The summed E-state index contributed by atoms with van der Waals surface area (Å²) in [5.74, 6) is 0.